The van der Waals surface area contributed by atoms with E-state index in [9.17, 15) is 14.4 Å². The molecule has 0 bridgehead atoms. The van der Waals surface area contributed by atoms with Crippen LogP contribution in [0.15, 0.2) is 76.0 Å². The standard InChI is InChI=1S/C22H17BrN4O4/c23-13-5-7-14(8-6-13)24-20(28)12-31-19-4-2-1-3-16(19)21(29)25-15-9-10-17-18(11-15)27-22(30)26-17/h1-11H,12H2,(H,24,28)(H,25,29)(H2,26,27,30). The molecule has 0 aliphatic heterocycles. The summed E-state index contributed by atoms with van der Waals surface area (Å²) in [5.41, 5.74) is 2.33. The zero-order valence-electron chi connectivity index (χ0n) is 16.1. The summed E-state index contributed by atoms with van der Waals surface area (Å²) in [5.74, 6) is -0.470. The van der Waals surface area contributed by atoms with E-state index in [0.29, 0.717) is 22.4 Å². The first-order chi connectivity index (χ1) is 15.0. The molecule has 4 rings (SSSR count). The van der Waals surface area contributed by atoms with E-state index in [2.05, 4.69) is 36.5 Å². The summed E-state index contributed by atoms with van der Waals surface area (Å²) in [5, 5.41) is 5.50. The quantitative estimate of drug-likeness (QED) is 0.335. The van der Waals surface area contributed by atoms with Crippen molar-refractivity contribution in [3.8, 4) is 5.75 Å². The van der Waals surface area contributed by atoms with Gasteiger partial charge in [0.1, 0.15) is 5.75 Å². The van der Waals surface area contributed by atoms with Gasteiger partial charge in [-0.25, -0.2) is 4.79 Å². The van der Waals surface area contributed by atoms with E-state index in [1.165, 1.54) is 0 Å². The van der Waals surface area contributed by atoms with Crippen molar-refractivity contribution in [2.45, 2.75) is 0 Å². The Morgan fingerprint density at radius 3 is 2.39 bits per heavy atom. The molecule has 156 valence electrons. The maximum Gasteiger partial charge on any atom is 0.323 e. The molecule has 0 saturated heterocycles. The average molecular weight is 481 g/mol. The molecule has 0 spiro atoms. The monoisotopic (exact) mass is 480 g/mol. The van der Waals surface area contributed by atoms with Crippen molar-refractivity contribution in [3.63, 3.8) is 0 Å². The topological polar surface area (TPSA) is 116 Å². The van der Waals surface area contributed by atoms with E-state index in [1.54, 1.807) is 54.6 Å². The van der Waals surface area contributed by atoms with Crippen LogP contribution in [0, 0.1) is 0 Å². The number of carbonyl (C=O) groups excluding carboxylic acids is 2. The minimum atomic E-state index is -0.402. The van der Waals surface area contributed by atoms with Crippen LogP contribution in [0.4, 0.5) is 11.4 Å². The van der Waals surface area contributed by atoms with Crippen LogP contribution in [0.2, 0.25) is 0 Å². The highest BCUT2D eigenvalue weighted by atomic mass is 79.9. The molecule has 31 heavy (non-hydrogen) atoms. The molecule has 0 aliphatic rings. The Morgan fingerprint density at radius 1 is 0.871 bits per heavy atom. The molecule has 1 heterocycles. The van der Waals surface area contributed by atoms with Crippen LogP contribution in [0.25, 0.3) is 11.0 Å². The van der Waals surface area contributed by atoms with Crippen molar-refractivity contribution in [2.24, 2.45) is 0 Å². The summed E-state index contributed by atoms with van der Waals surface area (Å²) in [7, 11) is 0. The number of amides is 2. The number of rotatable bonds is 6. The fourth-order valence-corrected chi connectivity index (χ4v) is 3.23. The predicted octanol–water partition coefficient (Wildman–Crippen LogP) is 3.89. The molecule has 4 aromatic rings. The normalized spacial score (nSPS) is 10.6. The van der Waals surface area contributed by atoms with Crippen molar-refractivity contribution in [3.05, 3.63) is 87.3 Å². The molecular weight excluding hydrogens is 464 g/mol. The molecule has 1 aromatic heterocycles. The maximum atomic E-state index is 12.8. The number of fused-ring (bicyclic) bond motifs is 1. The van der Waals surface area contributed by atoms with Crippen LogP contribution < -0.4 is 21.1 Å². The van der Waals surface area contributed by atoms with E-state index < -0.39 is 5.91 Å². The van der Waals surface area contributed by atoms with Crippen LogP contribution in [0.3, 0.4) is 0 Å². The predicted molar refractivity (Wildman–Crippen MR) is 122 cm³/mol. The van der Waals surface area contributed by atoms with Crippen molar-refractivity contribution in [2.75, 3.05) is 17.2 Å². The number of nitrogens with one attached hydrogen (secondary N) is 4. The molecule has 8 nitrogen and oxygen atoms in total. The third-order valence-corrected chi connectivity index (χ3v) is 4.92. The zero-order chi connectivity index (χ0) is 21.8. The number of H-pyrrole nitrogens is 2. The van der Waals surface area contributed by atoms with E-state index >= 15 is 0 Å². The molecule has 0 atom stereocenters. The molecule has 4 N–H and O–H groups in total. The van der Waals surface area contributed by atoms with E-state index in [1.807, 2.05) is 12.1 Å². The highest BCUT2D eigenvalue weighted by Crippen LogP contribution is 2.21. The van der Waals surface area contributed by atoms with Gasteiger partial charge >= 0.3 is 5.69 Å². The van der Waals surface area contributed by atoms with Gasteiger partial charge in [0.25, 0.3) is 11.8 Å². The van der Waals surface area contributed by atoms with E-state index in [0.717, 1.165) is 4.47 Å². The molecule has 9 heteroatoms. The first kappa shape index (κ1) is 20.4. The van der Waals surface area contributed by atoms with Crippen molar-refractivity contribution < 1.29 is 14.3 Å². The van der Waals surface area contributed by atoms with E-state index in [-0.39, 0.29) is 29.5 Å². The van der Waals surface area contributed by atoms with Crippen LogP contribution in [0.5, 0.6) is 5.75 Å². The number of aromatic amines is 2. The highest BCUT2D eigenvalue weighted by molar-refractivity contribution is 9.10. The average Bonchev–Trinajstić information content (AvgIpc) is 3.13. The fraction of sp³-hybridized carbons (Fsp3) is 0.0455. The van der Waals surface area contributed by atoms with Gasteiger partial charge in [-0.05, 0) is 54.6 Å². The second kappa shape index (κ2) is 8.88. The van der Waals surface area contributed by atoms with Gasteiger partial charge in [-0.15, -0.1) is 0 Å². The van der Waals surface area contributed by atoms with Gasteiger partial charge in [0.15, 0.2) is 6.61 Å². The molecule has 0 saturated carbocycles. The van der Waals surface area contributed by atoms with Crippen LogP contribution >= 0.6 is 15.9 Å². The minimum Gasteiger partial charge on any atom is -0.483 e. The lowest BCUT2D eigenvalue weighted by atomic mass is 10.1. The van der Waals surface area contributed by atoms with Gasteiger partial charge in [-0.3, -0.25) is 9.59 Å². The molecule has 0 aliphatic carbocycles. The Bertz CT molecular complexity index is 1310. The Labute approximate surface area is 184 Å². The smallest absolute Gasteiger partial charge is 0.323 e. The molecular formula is C22H17BrN4O4. The summed E-state index contributed by atoms with van der Waals surface area (Å²) in [6.45, 7) is -0.253. The maximum absolute atomic E-state index is 12.8. The lowest BCUT2D eigenvalue weighted by molar-refractivity contribution is -0.118. The number of anilines is 2. The van der Waals surface area contributed by atoms with E-state index in [4.69, 9.17) is 4.74 Å². The minimum absolute atomic E-state index is 0.253. The highest BCUT2D eigenvalue weighted by Gasteiger charge is 2.14. The van der Waals surface area contributed by atoms with Crippen molar-refractivity contribution in [1.29, 1.82) is 0 Å². The largest absolute Gasteiger partial charge is 0.483 e. The van der Waals surface area contributed by atoms with Crippen LogP contribution in [-0.4, -0.2) is 28.4 Å². The molecule has 2 amide bonds. The Hall–Kier alpha value is -3.85. The Kier molecular flexibility index (Phi) is 5.85. The Balaban J connectivity index is 1.43. The van der Waals surface area contributed by atoms with Crippen molar-refractivity contribution in [1.82, 2.24) is 9.97 Å². The fourth-order valence-electron chi connectivity index (χ4n) is 2.96. The summed E-state index contributed by atoms with van der Waals surface area (Å²) in [4.78, 5) is 41.6. The second-order valence-corrected chi connectivity index (χ2v) is 7.55. The first-order valence-electron chi connectivity index (χ1n) is 9.28. The van der Waals surface area contributed by atoms with Gasteiger partial charge < -0.3 is 25.3 Å². The molecule has 0 radical (unpaired) electrons. The van der Waals surface area contributed by atoms with Gasteiger partial charge in [0, 0.05) is 15.8 Å². The number of hydrogen-bond acceptors (Lipinski definition) is 4. The van der Waals surface area contributed by atoms with Gasteiger partial charge in [-0.1, -0.05) is 28.1 Å². The SMILES string of the molecule is O=C(COc1ccccc1C(=O)Nc1ccc2[nH]c(=O)[nH]c2c1)Nc1ccc(Br)cc1. The summed E-state index contributed by atoms with van der Waals surface area (Å²) in [6, 6.07) is 18.8. The number of imidazole rings is 1. The van der Waals surface area contributed by atoms with Crippen molar-refractivity contribution >= 4 is 50.2 Å². The number of benzene rings is 3. The lowest BCUT2D eigenvalue weighted by Crippen LogP contribution is -2.21. The summed E-state index contributed by atoms with van der Waals surface area (Å²) >= 11 is 3.34. The number of halogens is 1. The van der Waals surface area contributed by atoms with Gasteiger partial charge in [-0.2, -0.15) is 0 Å². The summed E-state index contributed by atoms with van der Waals surface area (Å²) in [6.07, 6.45) is 0. The van der Waals surface area contributed by atoms with Gasteiger partial charge in [0.2, 0.25) is 0 Å². The Morgan fingerprint density at radius 2 is 1.58 bits per heavy atom. The lowest BCUT2D eigenvalue weighted by Gasteiger charge is -2.12. The second-order valence-electron chi connectivity index (χ2n) is 6.63. The summed E-state index contributed by atoms with van der Waals surface area (Å²) < 4.78 is 6.50. The first-order valence-corrected chi connectivity index (χ1v) is 10.1. The van der Waals surface area contributed by atoms with Crippen LogP contribution in [0.1, 0.15) is 10.4 Å². The van der Waals surface area contributed by atoms with Crippen LogP contribution in [-0.2, 0) is 4.79 Å². The third-order valence-electron chi connectivity index (χ3n) is 4.39. The molecule has 0 unspecified atom stereocenters. The van der Waals surface area contributed by atoms with Gasteiger partial charge in [0.05, 0.1) is 16.6 Å². The number of ether oxygens (including phenoxy) is 1. The number of hydrogen-bond donors (Lipinski definition) is 4. The number of para-hydroxylation sites is 1. The number of carbonyl (C=O) groups is 2. The number of aromatic nitrogens is 2. The molecule has 3 aromatic carbocycles. The molecule has 0 fully saturated rings. The zero-order valence-corrected chi connectivity index (χ0v) is 17.7. The third kappa shape index (κ3) is 5.01.